The third-order valence-electron chi connectivity index (χ3n) is 2.87. The molecular weight excluding hydrogens is 184 g/mol. The van der Waals surface area contributed by atoms with Crippen LogP contribution in [-0.2, 0) is 0 Å². The van der Waals surface area contributed by atoms with Gasteiger partial charge >= 0.3 is 0 Å². The molecule has 13 heavy (non-hydrogen) atoms. The fourth-order valence-corrected chi connectivity index (χ4v) is 2.30. The monoisotopic (exact) mass is 204 g/mol. The quantitative estimate of drug-likeness (QED) is 0.645. The first kappa shape index (κ1) is 11.3. The summed E-state index contributed by atoms with van der Waals surface area (Å²) < 4.78 is 0. The van der Waals surface area contributed by atoms with Crippen LogP contribution < -0.4 is 0 Å². The Morgan fingerprint density at radius 1 is 1.38 bits per heavy atom. The van der Waals surface area contributed by atoms with Crippen molar-refractivity contribution >= 4 is 11.6 Å². The highest BCUT2D eigenvalue weighted by Crippen LogP contribution is 2.11. The maximum atomic E-state index is 5.79. The summed E-state index contributed by atoms with van der Waals surface area (Å²) in [6.45, 7) is 6.97. The van der Waals surface area contributed by atoms with Gasteiger partial charge in [0.05, 0.1) is 0 Å². The number of halogens is 1. The van der Waals surface area contributed by atoms with Crippen molar-refractivity contribution in [2.45, 2.75) is 25.8 Å². The van der Waals surface area contributed by atoms with Crippen molar-refractivity contribution in [1.29, 1.82) is 0 Å². The molecule has 2 nitrogen and oxygen atoms in total. The van der Waals surface area contributed by atoms with E-state index in [9.17, 15) is 0 Å². The molecule has 1 rings (SSSR count). The van der Waals surface area contributed by atoms with Crippen LogP contribution in [0.2, 0.25) is 0 Å². The molecule has 1 heterocycles. The number of nitrogens with zero attached hydrogens (tertiary/aromatic N) is 2. The van der Waals surface area contributed by atoms with Crippen LogP contribution in [0.15, 0.2) is 0 Å². The van der Waals surface area contributed by atoms with Gasteiger partial charge in [-0.3, -0.25) is 4.90 Å². The summed E-state index contributed by atoms with van der Waals surface area (Å²) in [5.41, 5.74) is 0. The second-order valence-corrected chi connectivity index (χ2v) is 4.28. The van der Waals surface area contributed by atoms with Crippen molar-refractivity contribution in [3.63, 3.8) is 0 Å². The first-order chi connectivity index (χ1) is 6.27. The van der Waals surface area contributed by atoms with Gasteiger partial charge in [-0.1, -0.05) is 6.92 Å². The van der Waals surface area contributed by atoms with Crippen LogP contribution in [0, 0.1) is 0 Å². The lowest BCUT2D eigenvalue weighted by Gasteiger charge is -2.29. The Balaban J connectivity index is 2.48. The Morgan fingerprint density at radius 3 is 2.77 bits per heavy atom. The summed E-state index contributed by atoms with van der Waals surface area (Å²) in [7, 11) is 2.22. The fourth-order valence-electron chi connectivity index (χ4n) is 2.08. The van der Waals surface area contributed by atoms with E-state index in [4.69, 9.17) is 11.6 Å². The Labute approximate surface area is 86.8 Å². The van der Waals surface area contributed by atoms with E-state index in [0.717, 1.165) is 12.4 Å². The number of hydrogen-bond acceptors (Lipinski definition) is 2. The molecule has 0 saturated carbocycles. The molecule has 0 aromatic heterocycles. The van der Waals surface area contributed by atoms with Gasteiger partial charge in [0.2, 0.25) is 0 Å². The molecule has 1 unspecified atom stereocenters. The maximum absolute atomic E-state index is 5.79. The molecule has 1 aliphatic heterocycles. The third-order valence-corrected chi connectivity index (χ3v) is 3.04. The van der Waals surface area contributed by atoms with E-state index in [1.807, 2.05) is 0 Å². The second-order valence-electron chi connectivity index (χ2n) is 3.90. The van der Waals surface area contributed by atoms with Crippen molar-refractivity contribution in [2.24, 2.45) is 0 Å². The van der Waals surface area contributed by atoms with Crippen LogP contribution in [0.25, 0.3) is 0 Å². The average Bonchev–Trinajstić information content (AvgIpc) is 2.29. The SMILES string of the molecule is CCC1CN(C)CCCN1CCCl. The largest absolute Gasteiger partial charge is 0.305 e. The number of hydrogen-bond donors (Lipinski definition) is 0. The van der Waals surface area contributed by atoms with Crippen molar-refractivity contribution in [2.75, 3.05) is 39.1 Å². The Kier molecular flexibility index (Phi) is 5.07. The maximum Gasteiger partial charge on any atom is 0.0351 e. The summed E-state index contributed by atoms with van der Waals surface area (Å²) >= 11 is 5.79. The summed E-state index contributed by atoms with van der Waals surface area (Å²) in [6.07, 6.45) is 2.52. The first-order valence-corrected chi connectivity index (χ1v) is 5.80. The van der Waals surface area contributed by atoms with Gasteiger partial charge < -0.3 is 4.90 Å². The van der Waals surface area contributed by atoms with Crippen LogP contribution in [0.3, 0.4) is 0 Å². The second kappa shape index (κ2) is 5.84. The molecule has 0 bridgehead atoms. The highest BCUT2D eigenvalue weighted by Gasteiger charge is 2.20. The summed E-state index contributed by atoms with van der Waals surface area (Å²) in [5.74, 6) is 0.764. The molecule has 1 atom stereocenters. The van der Waals surface area contributed by atoms with Crippen LogP contribution in [-0.4, -0.2) is 54.9 Å². The molecule has 1 aliphatic rings. The minimum absolute atomic E-state index is 0.714. The van der Waals surface area contributed by atoms with Crippen molar-refractivity contribution in [1.82, 2.24) is 9.80 Å². The molecule has 0 spiro atoms. The van der Waals surface area contributed by atoms with Gasteiger partial charge in [-0.25, -0.2) is 0 Å². The minimum atomic E-state index is 0.714. The Morgan fingerprint density at radius 2 is 2.15 bits per heavy atom. The predicted molar refractivity (Wildman–Crippen MR) is 58.5 cm³/mol. The van der Waals surface area contributed by atoms with Crippen LogP contribution >= 0.6 is 11.6 Å². The smallest absolute Gasteiger partial charge is 0.0351 e. The number of likely N-dealkylation sites (N-methyl/N-ethyl adjacent to an activating group) is 1. The van der Waals surface area contributed by atoms with Gasteiger partial charge in [-0.2, -0.15) is 0 Å². The fraction of sp³-hybridized carbons (Fsp3) is 1.00. The van der Waals surface area contributed by atoms with Crippen LogP contribution in [0.5, 0.6) is 0 Å². The zero-order valence-electron chi connectivity index (χ0n) is 8.80. The lowest BCUT2D eigenvalue weighted by Crippen LogP contribution is -2.40. The molecule has 0 N–H and O–H groups in total. The third kappa shape index (κ3) is 3.45. The van der Waals surface area contributed by atoms with Crippen molar-refractivity contribution in [3.8, 4) is 0 Å². The lowest BCUT2D eigenvalue weighted by molar-refractivity contribution is 0.193. The zero-order chi connectivity index (χ0) is 9.68. The predicted octanol–water partition coefficient (Wildman–Crippen LogP) is 1.64. The minimum Gasteiger partial charge on any atom is -0.305 e. The van der Waals surface area contributed by atoms with E-state index in [1.54, 1.807) is 0 Å². The average molecular weight is 205 g/mol. The molecule has 3 heteroatoms. The number of rotatable bonds is 3. The molecule has 78 valence electrons. The van der Waals surface area contributed by atoms with Gasteiger partial charge in [-0.15, -0.1) is 11.6 Å². The van der Waals surface area contributed by atoms with Gasteiger partial charge in [0.25, 0.3) is 0 Å². The standard InChI is InChI=1S/C10H21ClN2/c1-3-10-9-12(2)6-4-7-13(10)8-5-11/h10H,3-9H2,1-2H3. The normalized spacial score (nSPS) is 27.5. The van der Waals surface area contributed by atoms with E-state index in [0.29, 0.717) is 6.04 Å². The van der Waals surface area contributed by atoms with E-state index in [-0.39, 0.29) is 0 Å². The van der Waals surface area contributed by atoms with E-state index < -0.39 is 0 Å². The topological polar surface area (TPSA) is 6.48 Å². The highest BCUT2D eigenvalue weighted by atomic mass is 35.5. The zero-order valence-corrected chi connectivity index (χ0v) is 9.56. The van der Waals surface area contributed by atoms with E-state index in [1.165, 1.54) is 32.5 Å². The van der Waals surface area contributed by atoms with Crippen LogP contribution in [0.4, 0.5) is 0 Å². The summed E-state index contributed by atoms with van der Waals surface area (Å²) in [6, 6.07) is 0.714. The molecular formula is C10H21ClN2. The Hall–Kier alpha value is 0.210. The van der Waals surface area contributed by atoms with Gasteiger partial charge in [0.1, 0.15) is 0 Å². The highest BCUT2D eigenvalue weighted by molar-refractivity contribution is 6.18. The van der Waals surface area contributed by atoms with Gasteiger partial charge in [0.15, 0.2) is 0 Å². The van der Waals surface area contributed by atoms with E-state index in [2.05, 4.69) is 23.8 Å². The van der Waals surface area contributed by atoms with Crippen molar-refractivity contribution in [3.05, 3.63) is 0 Å². The summed E-state index contributed by atoms with van der Waals surface area (Å²) in [5, 5.41) is 0. The molecule has 0 aromatic rings. The molecule has 0 aliphatic carbocycles. The molecule has 1 fully saturated rings. The van der Waals surface area contributed by atoms with Gasteiger partial charge in [-0.05, 0) is 33.0 Å². The Bertz CT molecular complexity index is 141. The number of alkyl halides is 1. The molecule has 1 saturated heterocycles. The molecule has 0 aromatic carbocycles. The van der Waals surface area contributed by atoms with Gasteiger partial charge in [0, 0.05) is 25.0 Å². The lowest BCUT2D eigenvalue weighted by atomic mass is 10.2. The first-order valence-electron chi connectivity index (χ1n) is 5.26. The van der Waals surface area contributed by atoms with Crippen LogP contribution in [0.1, 0.15) is 19.8 Å². The van der Waals surface area contributed by atoms with Crippen molar-refractivity contribution < 1.29 is 0 Å². The summed E-state index contributed by atoms with van der Waals surface area (Å²) in [4.78, 5) is 4.97. The molecule has 0 amide bonds. The molecule has 0 radical (unpaired) electrons. The van der Waals surface area contributed by atoms with E-state index >= 15 is 0 Å².